The van der Waals surface area contributed by atoms with Gasteiger partial charge in [-0.2, -0.15) is 0 Å². The average Bonchev–Trinajstić information content (AvgIpc) is 3.04. The molecular weight excluding hydrogens is 347 g/mol. The summed E-state index contributed by atoms with van der Waals surface area (Å²) in [4.78, 5) is 26.3. The van der Waals surface area contributed by atoms with Gasteiger partial charge < -0.3 is 15.0 Å². The summed E-state index contributed by atoms with van der Waals surface area (Å²) < 4.78 is 18.7. The van der Waals surface area contributed by atoms with Crippen LogP contribution in [0.5, 0.6) is 5.75 Å². The minimum atomic E-state index is -0.364. The number of methoxy groups -OCH3 is 1. The molecule has 2 aromatic rings. The predicted molar refractivity (Wildman–Crippen MR) is 99.6 cm³/mol. The minimum absolute atomic E-state index is 0.0277. The first-order valence-corrected chi connectivity index (χ1v) is 8.98. The number of likely N-dealkylation sites (tertiary alicyclic amines) is 1. The summed E-state index contributed by atoms with van der Waals surface area (Å²) in [7, 11) is 1.61. The molecule has 2 amide bonds. The van der Waals surface area contributed by atoms with E-state index in [0.717, 1.165) is 11.3 Å². The zero-order valence-electron chi connectivity index (χ0n) is 15.3. The number of carbonyl (C=O) groups is 2. The smallest absolute Gasteiger partial charge is 0.225 e. The second kappa shape index (κ2) is 8.66. The first-order chi connectivity index (χ1) is 13.1. The number of nitrogens with zero attached hydrogens (tertiary/aromatic N) is 1. The SMILES string of the molecule is COc1ccc(CN2CC(C(=O)NCCc3ccccc3F)CC2=O)cc1. The van der Waals surface area contributed by atoms with Crippen molar-refractivity contribution in [3.8, 4) is 5.75 Å². The van der Waals surface area contributed by atoms with E-state index < -0.39 is 0 Å². The van der Waals surface area contributed by atoms with Crippen LogP contribution >= 0.6 is 0 Å². The lowest BCUT2D eigenvalue weighted by Crippen LogP contribution is -2.34. The van der Waals surface area contributed by atoms with Crippen molar-refractivity contribution in [2.75, 3.05) is 20.2 Å². The lowest BCUT2D eigenvalue weighted by molar-refractivity contribution is -0.129. The van der Waals surface area contributed by atoms with Crippen LogP contribution in [0, 0.1) is 11.7 Å². The monoisotopic (exact) mass is 370 g/mol. The van der Waals surface area contributed by atoms with Crippen LogP contribution in [0.15, 0.2) is 48.5 Å². The van der Waals surface area contributed by atoms with Crippen LogP contribution in [0.25, 0.3) is 0 Å². The number of nitrogens with one attached hydrogen (secondary N) is 1. The Morgan fingerprint density at radius 1 is 1.22 bits per heavy atom. The molecule has 1 N–H and O–H groups in total. The molecule has 2 aromatic carbocycles. The topological polar surface area (TPSA) is 58.6 Å². The van der Waals surface area contributed by atoms with Crippen LogP contribution in [0.3, 0.4) is 0 Å². The van der Waals surface area contributed by atoms with Crippen molar-refractivity contribution >= 4 is 11.8 Å². The quantitative estimate of drug-likeness (QED) is 0.815. The Kier molecular flexibility index (Phi) is 6.06. The molecule has 0 aliphatic carbocycles. The summed E-state index contributed by atoms with van der Waals surface area (Å²) in [5.74, 6) is -0.0552. The van der Waals surface area contributed by atoms with E-state index in [-0.39, 0.29) is 30.0 Å². The number of rotatable bonds is 7. The van der Waals surface area contributed by atoms with Gasteiger partial charge in [0.15, 0.2) is 0 Å². The van der Waals surface area contributed by atoms with Gasteiger partial charge in [0.25, 0.3) is 0 Å². The Hall–Kier alpha value is -2.89. The molecule has 1 saturated heterocycles. The molecule has 0 bridgehead atoms. The molecule has 1 fully saturated rings. The van der Waals surface area contributed by atoms with Crippen LogP contribution in [0.4, 0.5) is 4.39 Å². The van der Waals surface area contributed by atoms with Crippen LogP contribution < -0.4 is 10.1 Å². The van der Waals surface area contributed by atoms with Gasteiger partial charge in [-0.1, -0.05) is 30.3 Å². The van der Waals surface area contributed by atoms with Crippen LogP contribution in [0.2, 0.25) is 0 Å². The molecule has 3 rings (SSSR count). The summed E-state index contributed by atoms with van der Waals surface area (Å²) in [6, 6.07) is 14.0. The van der Waals surface area contributed by atoms with Gasteiger partial charge in [0.05, 0.1) is 13.0 Å². The van der Waals surface area contributed by atoms with E-state index in [1.54, 1.807) is 30.2 Å². The van der Waals surface area contributed by atoms with Crippen molar-refractivity contribution in [1.82, 2.24) is 10.2 Å². The van der Waals surface area contributed by atoms with E-state index in [4.69, 9.17) is 4.74 Å². The van der Waals surface area contributed by atoms with Crippen molar-refractivity contribution in [1.29, 1.82) is 0 Å². The van der Waals surface area contributed by atoms with E-state index in [9.17, 15) is 14.0 Å². The lowest BCUT2D eigenvalue weighted by Gasteiger charge is -2.17. The third-order valence-electron chi connectivity index (χ3n) is 4.77. The molecular formula is C21H23FN2O3. The maximum absolute atomic E-state index is 13.6. The van der Waals surface area contributed by atoms with E-state index in [1.807, 2.05) is 24.3 Å². The number of hydrogen-bond acceptors (Lipinski definition) is 3. The summed E-state index contributed by atoms with van der Waals surface area (Å²) in [5.41, 5.74) is 1.56. The summed E-state index contributed by atoms with van der Waals surface area (Å²) in [6.07, 6.45) is 0.635. The fraction of sp³-hybridized carbons (Fsp3) is 0.333. The van der Waals surface area contributed by atoms with Gasteiger partial charge in [-0.15, -0.1) is 0 Å². The number of halogens is 1. The van der Waals surface area contributed by atoms with Crippen LogP contribution in [-0.2, 0) is 22.6 Å². The summed E-state index contributed by atoms with van der Waals surface area (Å²) in [5, 5.41) is 2.82. The molecule has 27 heavy (non-hydrogen) atoms. The van der Waals surface area contributed by atoms with Gasteiger partial charge >= 0.3 is 0 Å². The molecule has 1 atom stereocenters. The van der Waals surface area contributed by atoms with Crippen molar-refractivity contribution in [2.45, 2.75) is 19.4 Å². The minimum Gasteiger partial charge on any atom is -0.497 e. The van der Waals surface area contributed by atoms with Crippen LogP contribution in [-0.4, -0.2) is 36.9 Å². The second-order valence-corrected chi connectivity index (χ2v) is 6.66. The van der Waals surface area contributed by atoms with Gasteiger partial charge in [-0.25, -0.2) is 4.39 Å². The van der Waals surface area contributed by atoms with E-state index in [2.05, 4.69) is 5.32 Å². The molecule has 0 aromatic heterocycles. The van der Waals surface area contributed by atoms with Gasteiger partial charge in [0.1, 0.15) is 11.6 Å². The molecule has 0 spiro atoms. The zero-order chi connectivity index (χ0) is 19.2. The highest BCUT2D eigenvalue weighted by molar-refractivity contribution is 5.89. The van der Waals surface area contributed by atoms with E-state index >= 15 is 0 Å². The van der Waals surface area contributed by atoms with Crippen molar-refractivity contribution < 1.29 is 18.7 Å². The molecule has 1 aliphatic rings. The standard InChI is InChI=1S/C21H23FN2O3/c1-27-18-8-6-15(7-9-18)13-24-14-17(12-20(24)25)21(26)23-11-10-16-4-2-3-5-19(16)22/h2-9,17H,10-14H2,1H3,(H,23,26). The molecule has 5 nitrogen and oxygen atoms in total. The fourth-order valence-electron chi connectivity index (χ4n) is 3.22. The highest BCUT2D eigenvalue weighted by atomic mass is 19.1. The normalized spacial score (nSPS) is 16.4. The van der Waals surface area contributed by atoms with E-state index in [1.165, 1.54) is 6.07 Å². The number of ether oxygens (including phenoxy) is 1. The molecule has 1 aliphatic heterocycles. The molecule has 1 heterocycles. The van der Waals surface area contributed by atoms with E-state index in [0.29, 0.717) is 31.6 Å². The highest BCUT2D eigenvalue weighted by Gasteiger charge is 2.34. The lowest BCUT2D eigenvalue weighted by atomic mass is 10.1. The average molecular weight is 370 g/mol. The maximum atomic E-state index is 13.6. The highest BCUT2D eigenvalue weighted by Crippen LogP contribution is 2.21. The number of amides is 2. The number of benzene rings is 2. The molecule has 6 heteroatoms. The predicted octanol–water partition coefficient (Wildman–Crippen LogP) is 2.54. The molecule has 0 saturated carbocycles. The maximum Gasteiger partial charge on any atom is 0.225 e. The first kappa shape index (κ1) is 18.9. The number of hydrogen-bond donors (Lipinski definition) is 1. The fourth-order valence-corrected chi connectivity index (χ4v) is 3.22. The van der Waals surface area contributed by atoms with Gasteiger partial charge in [-0.05, 0) is 35.7 Å². The first-order valence-electron chi connectivity index (χ1n) is 8.98. The summed E-state index contributed by atoms with van der Waals surface area (Å²) in [6.45, 7) is 1.22. The Morgan fingerprint density at radius 2 is 1.96 bits per heavy atom. The van der Waals surface area contributed by atoms with Gasteiger partial charge in [0.2, 0.25) is 11.8 Å². The van der Waals surface area contributed by atoms with Crippen molar-refractivity contribution in [3.63, 3.8) is 0 Å². The summed E-state index contributed by atoms with van der Waals surface area (Å²) >= 11 is 0. The van der Waals surface area contributed by atoms with Crippen molar-refractivity contribution in [2.24, 2.45) is 5.92 Å². The second-order valence-electron chi connectivity index (χ2n) is 6.66. The van der Waals surface area contributed by atoms with Gasteiger partial charge in [-0.3, -0.25) is 9.59 Å². The molecule has 142 valence electrons. The number of carbonyl (C=O) groups excluding carboxylic acids is 2. The molecule has 0 radical (unpaired) electrons. The largest absolute Gasteiger partial charge is 0.497 e. The zero-order valence-corrected chi connectivity index (χ0v) is 15.3. The third kappa shape index (κ3) is 4.84. The Bertz CT molecular complexity index is 807. The Balaban J connectivity index is 1.48. The third-order valence-corrected chi connectivity index (χ3v) is 4.77. The van der Waals surface area contributed by atoms with Crippen LogP contribution in [0.1, 0.15) is 17.5 Å². The Morgan fingerprint density at radius 3 is 2.67 bits per heavy atom. The van der Waals surface area contributed by atoms with Crippen molar-refractivity contribution in [3.05, 3.63) is 65.5 Å². The van der Waals surface area contributed by atoms with Gasteiger partial charge in [0, 0.05) is 26.1 Å². The molecule has 1 unspecified atom stereocenters. The Labute approximate surface area is 158 Å².